The van der Waals surface area contributed by atoms with Gasteiger partial charge in [-0.2, -0.15) is 0 Å². The Labute approximate surface area is 218 Å². The molecule has 1 aromatic carbocycles. The van der Waals surface area contributed by atoms with Gasteiger partial charge in [0.25, 0.3) is 5.91 Å². The van der Waals surface area contributed by atoms with Crippen LogP contribution in [-0.2, 0) is 19.1 Å². The van der Waals surface area contributed by atoms with E-state index >= 15 is 0 Å². The lowest BCUT2D eigenvalue weighted by molar-refractivity contribution is -0.154. The predicted molar refractivity (Wildman–Crippen MR) is 131 cm³/mol. The van der Waals surface area contributed by atoms with Crippen molar-refractivity contribution in [2.75, 3.05) is 13.9 Å². The second-order valence-electron chi connectivity index (χ2n) is 7.71. The third-order valence-electron chi connectivity index (χ3n) is 4.82. The van der Waals surface area contributed by atoms with Crippen LogP contribution in [-0.4, -0.2) is 55.0 Å². The first-order valence-corrected chi connectivity index (χ1v) is 11.5. The molecule has 0 saturated carbocycles. The fraction of sp³-hybridized carbons (Fsp3) is 0.360. The number of ether oxygens (including phenoxy) is 5. The van der Waals surface area contributed by atoms with Gasteiger partial charge in [-0.05, 0) is 26.0 Å². The van der Waals surface area contributed by atoms with E-state index in [1.807, 2.05) is 0 Å². The van der Waals surface area contributed by atoms with Gasteiger partial charge in [0.1, 0.15) is 29.8 Å². The molecule has 0 radical (unpaired) electrons. The average Bonchev–Trinajstić information content (AvgIpc) is 2.82. The van der Waals surface area contributed by atoms with Gasteiger partial charge in [-0.15, -0.1) is 6.58 Å². The van der Waals surface area contributed by atoms with Gasteiger partial charge in [-0.25, -0.2) is 14.2 Å². The van der Waals surface area contributed by atoms with Crippen LogP contribution < -0.4 is 19.5 Å². The van der Waals surface area contributed by atoms with Crippen molar-refractivity contribution in [1.82, 2.24) is 10.3 Å². The summed E-state index contributed by atoms with van der Waals surface area (Å²) in [6.07, 6.45) is 1.65. The second-order valence-corrected chi connectivity index (χ2v) is 8.15. The van der Waals surface area contributed by atoms with E-state index in [1.165, 1.54) is 39.3 Å². The molecule has 0 aliphatic heterocycles. The Hall–Kier alpha value is -3.86. The summed E-state index contributed by atoms with van der Waals surface area (Å²) in [4.78, 5) is 40.6. The van der Waals surface area contributed by atoms with Crippen LogP contribution in [0.4, 0.5) is 4.39 Å². The number of methoxy groups -OCH3 is 1. The lowest BCUT2D eigenvalue weighted by Crippen LogP contribution is -2.43. The van der Waals surface area contributed by atoms with Crippen molar-refractivity contribution in [3.63, 3.8) is 0 Å². The van der Waals surface area contributed by atoms with Crippen molar-refractivity contribution >= 4 is 29.4 Å². The molecule has 1 heterocycles. The van der Waals surface area contributed by atoms with Gasteiger partial charge in [-0.3, -0.25) is 9.59 Å². The van der Waals surface area contributed by atoms with Crippen LogP contribution in [0.15, 0.2) is 43.1 Å². The summed E-state index contributed by atoms with van der Waals surface area (Å²) in [5.74, 6) is -2.44. The Kier molecular flexibility index (Phi) is 11.1. The molecule has 200 valence electrons. The van der Waals surface area contributed by atoms with E-state index in [0.29, 0.717) is 0 Å². The average molecular weight is 539 g/mol. The molecular weight excluding hydrogens is 511 g/mol. The molecule has 3 atom stereocenters. The van der Waals surface area contributed by atoms with Gasteiger partial charge in [0.2, 0.25) is 6.79 Å². The van der Waals surface area contributed by atoms with E-state index in [1.54, 1.807) is 13.0 Å². The van der Waals surface area contributed by atoms with Gasteiger partial charge in [0.15, 0.2) is 17.2 Å². The summed E-state index contributed by atoms with van der Waals surface area (Å²) in [5, 5.41) is 2.63. The number of hydrogen-bond donors (Lipinski definition) is 1. The van der Waals surface area contributed by atoms with E-state index < -0.39 is 48.7 Å². The molecule has 0 bridgehead atoms. The quantitative estimate of drug-likeness (QED) is 0.230. The van der Waals surface area contributed by atoms with Gasteiger partial charge < -0.3 is 29.0 Å². The number of carbonyl (C=O) groups is 3. The van der Waals surface area contributed by atoms with Crippen LogP contribution in [0.2, 0.25) is 5.02 Å². The molecule has 1 amide bonds. The zero-order valence-corrected chi connectivity index (χ0v) is 21.5. The minimum absolute atomic E-state index is 0.0779. The summed E-state index contributed by atoms with van der Waals surface area (Å²) in [5.41, 5.74) is -0.199. The maximum Gasteiger partial charge on any atom is 0.328 e. The van der Waals surface area contributed by atoms with Crippen molar-refractivity contribution in [2.45, 2.75) is 45.4 Å². The summed E-state index contributed by atoms with van der Waals surface area (Å²) in [6, 6.07) is 4.07. The molecule has 2 rings (SSSR count). The fourth-order valence-corrected chi connectivity index (χ4v) is 3.23. The number of rotatable bonds is 13. The SMILES string of the molecule is C=CC[C@@H](Oc1cc(F)cc(Cl)c1)[C@H](C)OC(=O)[C@H](C)NC(=O)c1nccc(OC)c1OCOC(C)=O. The molecule has 0 saturated heterocycles. The molecule has 0 fully saturated rings. The Balaban J connectivity index is 2.08. The number of pyridine rings is 1. The van der Waals surface area contributed by atoms with E-state index in [9.17, 15) is 18.8 Å². The Morgan fingerprint density at radius 2 is 1.97 bits per heavy atom. The first kappa shape index (κ1) is 29.4. The maximum atomic E-state index is 13.7. The molecule has 0 aliphatic rings. The molecule has 0 spiro atoms. The number of nitrogens with one attached hydrogen (secondary N) is 1. The molecule has 37 heavy (non-hydrogen) atoms. The third-order valence-corrected chi connectivity index (χ3v) is 5.04. The van der Waals surface area contributed by atoms with Crippen molar-refractivity contribution in [1.29, 1.82) is 0 Å². The normalized spacial score (nSPS) is 12.9. The number of amides is 1. The van der Waals surface area contributed by atoms with Crippen LogP contribution in [0.5, 0.6) is 17.2 Å². The van der Waals surface area contributed by atoms with Gasteiger partial charge in [0.05, 0.1) is 7.11 Å². The number of halogens is 2. The first-order valence-electron chi connectivity index (χ1n) is 11.1. The topological polar surface area (TPSA) is 122 Å². The zero-order chi connectivity index (χ0) is 27.5. The van der Waals surface area contributed by atoms with Crippen molar-refractivity contribution in [3.05, 3.63) is 59.7 Å². The van der Waals surface area contributed by atoms with Crippen molar-refractivity contribution in [3.8, 4) is 17.2 Å². The summed E-state index contributed by atoms with van der Waals surface area (Å²) in [7, 11) is 1.36. The van der Waals surface area contributed by atoms with Crippen LogP contribution in [0.3, 0.4) is 0 Å². The molecule has 1 N–H and O–H groups in total. The molecule has 2 aromatic rings. The largest absolute Gasteiger partial charge is 0.493 e. The van der Waals surface area contributed by atoms with E-state index in [0.717, 1.165) is 12.1 Å². The summed E-state index contributed by atoms with van der Waals surface area (Å²) >= 11 is 5.88. The van der Waals surface area contributed by atoms with Crippen LogP contribution in [0, 0.1) is 5.82 Å². The van der Waals surface area contributed by atoms with E-state index in [4.69, 9.17) is 35.3 Å². The molecule has 0 aliphatic carbocycles. The molecule has 1 aromatic heterocycles. The van der Waals surface area contributed by atoms with E-state index in [2.05, 4.69) is 16.9 Å². The lowest BCUT2D eigenvalue weighted by atomic mass is 10.1. The number of carbonyl (C=O) groups excluding carboxylic acids is 3. The van der Waals surface area contributed by atoms with Crippen molar-refractivity contribution in [2.24, 2.45) is 0 Å². The number of nitrogens with zero attached hydrogens (tertiary/aromatic N) is 1. The maximum absolute atomic E-state index is 13.7. The highest BCUT2D eigenvalue weighted by atomic mass is 35.5. The highest BCUT2D eigenvalue weighted by Gasteiger charge is 2.28. The number of aromatic nitrogens is 1. The Morgan fingerprint density at radius 3 is 2.59 bits per heavy atom. The molecule has 0 unspecified atom stereocenters. The minimum Gasteiger partial charge on any atom is -0.493 e. The van der Waals surface area contributed by atoms with Crippen LogP contribution in [0.25, 0.3) is 0 Å². The number of esters is 2. The summed E-state index contributed by atoms with van der Waals surface area (Å²) < 4.78 is 40.2. The van der Waals surface area contributed by atoms with Crippen LogP contribution >= 0.6 is 11.6 Å². The Morgan fingerprint density at radius 1 is 1.24 bits per heavy atom. The number of hydrogen-bond acceptors (Lipinski definition) is 9. The zero-order valence-electron chi connectivity index (χ0n) is 20.8. The molecule has 10 nitrogen and oxygen atoms in total. The smallest absolute Gasteiger partial charge is 0.328 e. The van der Waals surface area contributed by atoms with E-state index in [-0.39, 0.29) is 34.4 Å². The second kappa shape index (κ2) is 14.0. The fourth-order valence-electron chi connectivity index (χ4n) is 3.02. The summed E-state index contributed by atoms with van der Waals surface area (Å²) in [6.45, 7) is 7.39. The first-order chi connectivity index (χ1) is 17.5. The predicted octanol–water partition coefficient (Wildman–Crippen LogP) is 3.86. The van der Waals surface area contributed by atoms with Gasteiger partial charge >= 0.3 is 11.9 Å². The number of benzene rings is 1. The third kappa shape index (κ3) is 8.94. The highest BCUT2D eigenvalue weighted by Crippen LogP contribution is 2.29. The monoisotopic (exact) mass is 538 g/mol. The van der Waals surface area contributed by atoms with Crippen molar-refractivity contribution < 1.29 is 42.5 Å². The molecule has 12 heteroatoms. The molecular formula is C25H28ClFN2O8. The minimum atomic E-state index is -1.10. The Bertz CT molecular complexity index is 1110. The van der Waals surface area contributed by atoms with Gasteiger partial charge in [-0.1, -0.05) is 17.7 Å². The lowest BCUT2D eigenvalue weighted by Gasteiger charge is -2.26. The highest BCUT2D eigenvalue weighted by molar-refractivity contribution is 6.30. The van der Waals surface area contributed by atoms with Crippen LogP contribution in [0.1, 0.15) is 37.7 Å². The van der Waals surface area contributed by atoms with Gasteiger partial charge in [0, 0.05) is 36.7 Å². The standard InChI is InChI=1S/C25H28ClFN2O8/c1-6-7-20(37-19-11-17(26)10-18(27)12-19)15(3)36-25(32)14(2)29-24(31)22-23(35-13-34-16(4)30)21(33-5)8-9-28-22/h6,8-12,14-15,20H,1,7,13H2,2-5H3,(H,29,31)/t14-,15-,20+/m0/s1.